The predicted octanol–water partition coefficient (Wildman–Crippen LogP) is 0.819. The van der Waals surface area contributed by atoms with E-state index in [9.17, 15) is 24.6 Å². The normalized spacial score (nSPS) is 45.5. The fourth-order valence-electron chi connectivity index (χ4n) is 5.41. The fraction of sp³-hybridized carbons (Fsp3) is 0.611. The lowest BCUT2D eigenvalue weighted by Crippen LogP contribution is -2.56. The van der Waals surface area contributed by atoms with Crippen LogP contribution in [0.25, 0.3) is 0 Å². The quantitative estimate of drug-likeness (QED) is 0.711. The van der Waals surface area contributed by atoms with Crippen molar-refractivity contribution >= 4 is 17.7 Å². The molecule has 0 aromatic carbocycles. The van der Waals surface area contributed by atoms with Crippen LogP contribution in [0.4, 0.5) is 0 Å². The van der Waals surface area contributed by atoms with Crippen molar-refractivity contribution in [1.82, 2.24) is 0 Å². The monoisotopic (exact) mass is 348 g/mol. The third kappa shape index (κ3) is 1.82. The Kier molecular flexibility index (Phi) is 3.23. The number of carbonyl (C=O) groups excluding carboxylic acids is 3. The second-order valence-electron chi connectivity index (χ2n) is 7.70. The third-order valence-electron chi connectivity index (χ3n) is 6.57. The van der Waals surface area contributed by atoms with Crippen molar-refractivity contribution in [2.75, 3.05) is 6.61 Å². The van der Waals surface area contributed by atoms with Gasteiger partial charge in [-0.15, -0.1) is 0 Å². The molecule has 7 nitrogen and oxygen atoms in total. The molecule has 0 aromatic rings. The van der Waals surface area contributed by atoms with Crippen LogP contribution in [0.3, 0.4) is 0 Å². The average molecular weight is 348 g/mol. The molecule has 134 valence electrons. The topological polar surface area (TPSA) is 110 Å². The summed E-state index contributed by atoms with van der Waals surface area (Å²) in [6.45, 7) is 3.08. The Balaban J connectivity index is 1.95. The Labute approximate surface area is 144 Å². The molecule has 0 radical (unpaired) electrons. The van der Waals surface area contributed by atoms with Crippen LogP contribution in [0, 0.1) is 22.7 Å². The largest absolute Gasteiger partial charge is 0.504 e. The zero-order chi connectivity index (χ0) is 18.1. The number of rotatable bonds is 2. The zero-order valence-electron chi connectivity index (χ0n) is 14.0. The zero-order valence-corrected chi connectivity index (χ0v) is 14.0. The molecule has 2 fully saturated rings. The van der Waals surface area contributed by atoms with Crippen molar-refractivity contribution in [3.63, 3.8) is 0 Å². The summed E-state index contributed by atoms with van der Waals surface area (Å²) in [6.07, 6.45) is 1.80. The molecule has 4 aliphatic rings. The van der Waals surface area contributed by atoms with E-state index in [1.165, 1.54) is 6.08 Å². The minimum Gasteiger partial charge on any atom is -0.504 e. The molecule has 0 spiro atoms. The summed E-state index contributed by atoms with van der Waals surface area (Å²) in [4.78, 5) is 36.3. The maximum absolute atomic E-state index is 12.6. The number of Topliss-reactive ketones (excluding diaryl/α,β-unsaturated/α-hetero) is 1. The lowest BCUT2D eigenvalue weighted by Gasteiger charge is -2.50. The Morgan fingerprint density at radius 3 is 2.60 bits per heavy atom. The third-order valence-corrected chi connectivity index (χ3v) is 6.57. The Morgan fingerprint density at radius 2 is 2.00 bits per heavy atom. The van der Waals surface area contributed by atoms with Crippen LogP contribution >= 0.6 is 0 Å². The molecule has 7 heteroatoms. The van der Waals surface area contributed by atoms with Gasteiger partial charge in [-0.25, -0.2) is 4.79 Å². The van der Waals surface area contributed by atoms with Crippen molar-refractivity contribution in [3.8, 4) is 0 Å². The number of aliphatic hydroxyl groups excluding tert-OH is 2. The highest BCUT2D eigenvalue weighted by atomic mass is 16.6. The van der Waals surface area contributed by atoms with Crippen molar-refractivity contribution < 1.29 is 34.1 Å². The fourth-order valence-corrected chi connectivity index (χ4v) is 5.41. The molecule has 2 aliphatic heterocycles. The summed E-state index contributed by atoms with van der Waals surface area (Å²) in [6, 6.07) is 0. The first-order valence-electron chi connectivity index (χ1n) is 8.43. The molecule has 0 amide bonds. The maximum Gasteiger partial charge on any atom is 0.331 e. The van der Waals surface area contributed by atoms with Gasteiger partial charge in [0, 0.05) is 17.4 Å². The standard InChI is InChI=1S/C18H20O7/c1-8-9-5-13(21)25-11-6-17(2,10-3-4-12(20)24-10)16(15(23)14(8)22)18(9,11)7-19/h3-4,8-11,19,23H,5-7H2,1-2H3/t8-,9+,10+,11?,17-,18-/m1/s1. The lowest BCUT2D eigenvalue weighted by molar-refractivity contribution is -0.177. The molecule has 0 aromatic heterocycles. The van der Waals surface area contributed by atoms with Gasteiger partial charge in [0.25, 0.3) is 0 Å². The van der Waals surface area contributed by atoms with E-state index in [1.807, 2.05) is 0 Å². The molecule has 0 bridgehead atoms. The highest BCUT2D eigenvalue weighted by Gasteiger charge is 2.70. The Hall–Kier alpha value is -2.15. The number of hydrogen-bond acceptors (Lipinski definition) is 7. The molecule has 2 N–H and O–H groups in total. The van der Waals surface area contributed by atoms with Gasteiger partial charge in [-0.2, -0.15) is 0 Å². The number of esters is 2. The van der Waals surface area contributed by atoms with E-state index in [-0.39, 0.29) is 19.4 Å². The second-order valence-corrected chi connectivity index (χ2v) is 7.70. The van der Waals surface area contributed by atoms with Crippen LogP contribution in [0.2, 0.25) is 0 Å². The van der Waals surface area contributed by atoms with Crippen LogP contribution < -0.4 is 0 Å². The molecule has 1 saturated heterocycles. The van der Waals surface area contributed by atoms with Gasteiger partial charge >= 0.3 is 11.9 Å². The summed E-state index contributed by atoms with van der Waals surface area (Å²) < 4.78 is 10.9. The number of hydrogen-bond donors (Lipinski definition) is 2. The van der Waals surface area contributed by atoms with Gasteiger partial charge in [0.05, 0.1) is 18.4 Å². The van der Waals surface area contributed by atoms with Gasteiger partial charge in [-0.1, -0.05) is 13.8 Å². The van der Waals surface area contributed by atoms with E-state index in [0.29, 0.717) is 5.57 Å². The summed E-state index contributed by atoms with van der Waals surface area (Å²) in [5.74, 6) is -2.80. The van der Waals surface area contributed by atoms with Gasteiger partial charge in [0.1, 0.15) is 12.2 Å². The number of ether oxygens (including phenoxy) is 2. The number of allylic oxidation sites excluding steroid dienone is 1. The van der Waals surface area contributed by atoms with E-state index in [2.05, 4.69) is 0 Å². The summed E-state index contributed by atoms with van der Waals surface area (Å²) in [5, 5.41) is 21.0. The van der Waals surface area contributed by atoms with E-state index < -0.39 is 58.4 Å². The maximum atomic E-state index is 12.6. The van der Waals surface area contributed by atoms with Gasteiger partial charge in [0.2, 0.25) is 0 Å². The first kappa shape index (κ1) is 16.3. The van der Waals surface area contributed by atoms with Gasteiger partial charge in [-0.05, 0) is 24.0 Å². The number of aliphatic hydroxyl groups is 2. The molecule has 4 rings (SSSR count). The highest BCUT2D eigenvalue weighted by molar-refractivity contribution is 5.98. The van der Waals surface area contributed by atoms with Crippen molar-refractivity contribution in [3.05, 3.63) is 23.5 Å². The van der Waals surface area contributed by atoms with Crippen LogP contribution in [0.1, 0.15) is 26.7 Å². The van der Waals surface area contributed by atoms with Crippen LogP contribution in [-0.2, 0) is 23.9 Å². The van der Waals surface area contributed by atoms with Gasteiger partial charge < -0.3 is 19.7 Å². The molecule has 1 unspecified atom stereocenters. The molecular formula is C18H20O7. The Morgan fingerprint density at radius 1 is 1.28 bits per heavy atom. The molecular weight excluding hydrogens is 328 g/mol. The highest BCUT2D eigenvalue weighted by Crippen LogP contribution is 2.66. The number of cyclic esters (lactones) is 1. The summed E-state index contributed by atoms with van der Waals surface area (Å²) >= 11 is 0. The predicted molar refractivity (Wildman–Crippen MR) is 83.1 cm³/mol. The smallest absolute Gasteiger partial charge is 0.331 e. The molecule has 2 heterocycles. The first-order chi connectivity index (χ1) is 11.8. The first-order valence-corrected chi connectivity index (χ1v) is 8.43. The molecule has 25 heavy (non-hydrogen) atoms. The molecule has 6 atom stereocenters. The van der Waals surface area contributed by atoms with E-state index in [1.54, 1.807) is 19.9 Å². The van der Waals surface area contributed by atoms with Crippen molar-refractivity contribution in [2.24, 2.45) is 22.7 Å². The van der Waals surface area contributed by atoms with Crippen LogP contribution in [0.5, 0.6) is 0 Å². The minimum absolute atomic E-state index is 0.0110. The van der Waals surface area contributed by atoms with Crippen molar-refractivity contribution in [1.29, 1.82) is 0 Å². The number of ketones is 1. The lowest BCUT2D eigenvalue weighted by atomic mass is 9.56. The molecule has 1 saturated carbocycles. The van der Waals surface area contributed by atoms with E-state index >= 15 is 0 Å². The van der Waals surface area contributed by atoms with Crippen molar-refractivity contribution in [2.45, 2.75) is 38.9 Å². The molecule has 2 aliphatic carbocycles. The SMILES string of the molecule is C[C@H]1C(=O)C(O)=C2[C@@](C)([C@@H]3C=CC(=O)O3)CC3OC(=O)C[C@@H]1[C@@]23CO. The van der Waals surface area contributed by atoms with Crippen LogP contribution in [-0.4, -0.2) is 46.7 Å². The summed E-state index contributed by atoms with van der Waals surface area (Å²) in [7, 11) is 0. The average Bonchev–Trinajstić information content (AvgIpc) is 3.11. The second kappa shape index (κ2) is 4.94. The number of carbonyl (C=O) groups is 3. The van der Waals surface area contributed by atoms with E-state index in [0.717, 1.165) is 0 Å². The van der Waals surface area contributed by atoms with Gasteiger partial charge in [0.15, 0.2) is 11.5 Å². The van der Waals surface area contributed by atoms with Crippen LogP contribution in [0.15, 0.2) is 23.5 Å². The minimum atomic E-state index is -1.02. The Bertz CT molecular complexity index is 751. The van der Waals surface area contributed by atoms with Gasteiger partial charge in [-0.3, -0.25) is 9.59 Å². The summed E-state index contributed by atoms with van der Waals surface area (Å²) in [5.41, 5.74) is -1.60. The van der Waals surface area contributed by atoms with E-state index in [4.69, 9.17) is 9.47 Å².